The first kappa shape index (κ1) is 20.2. The van der Waals surface area contributed by atoms with E-state index >= 15 is 0 Å². The maximum atomic E-state index is 13.0. The molecule has 0 saturated carbocycles. The van der Waals surface area contributed by atoms with Gasteiger partial charge in [0.25, 0.3) is 5.91 Å². The lowest BCUT2D eigenvalue weighted by atomic mass is 10.1. The van der Waals surface area contributed by atoms with Crippen molar-refractivity contribution in [2.75, 3.05) is 13.1 Å². The topological polar surface area (TPSA) is 99.3 Å². The highest BCUT2D eigenvalue weighted by molar-refractivity contribution is 7.89. The van der Waals surface area contributed by atoms with E-state index in [1.54, 1.807) is 12.1 Å². The molecule has 1 amide bonds. The van der Waals surface area contributed by atoms with Crippen molar-refractivity contribution in [1.29, 1.82) is 0 Å². The van der Waals surface area contributed by atoms with Crippen LogP contribution in [0.1, 0.15) is 28.8 Å². The number of H-pyrrole nitrogens is 1. The number of hydrogen-bond donors (Lipinski definition) is 2. The van der Waals surface area contributed by atoms with E-state index in [9.17, 15) is 22.4 Å². The number of aromatic amines is 1. The summed E-state index contributed by atoms with van der Waals surface area (Å²) in [4.78, 5) is 27.5. The number of rotatable bonds is 5. The van der Waals surface area contributed by atoms with Crippen molar-refractivity contribution < 1.29 is 17.6 Å². The summed E-state index contributed by atoms with van der Waals surface area (Å²) in [5.74, 6) is -0.899. The Morgan fingerprint density at radius 3 is 2.47 bits per heavy atom. The van der Waals surface area contributed by atoms with Gasteiger partial charge in [-0.1, -0.05) is 12.1 Å². The van der Waals surface area contributed by atoms with E-state index in [2.05, 4.69) is 10.3 Å². The van der Waals surface area contributed by atoms with Crippen molar-refractivity contribution in [3.8, 4) is 0 Å². The molecule has 1 fully saturated rings. The molecule has 3 aromatic rings. The summed E-state index contributed by atoms with van der Waals surface area (Å²) in [6.07, 6.45) is 1.63. The molecule has 0 aliphatic carbocycles. The van der Waals surface area contributed by atoms with Gasteiger partial charge < -0.3 is 10.3 Å². The molecule has 2 heterocycles. The monoisotopic (exact) mass is 429 g/mol. The van der Waals surface area contributed by atoms with Crippen LogP contribution in [0.25, 0.3) is 10.9 Å². The SMILES string of the molecule is O=C(NCc1ccc(F)cc1)c1cc(=O)[nH]c2ccc(S(=O)(=O)N3CCCC3)cc12. The van der Waals surface area contributed by atoms with Crippen LogP contribution in [0.5, 0.6) is 0 Å². The zero-order valence-corrected chi connectivity index (χ0v) is 16.8. The minimum absolute atomic E-state index is 0.0781. The molecule has 156 valence electrons. The molecule has 9 heteroatoms. The van der Waals surface area contributed by atoms with E-state index in [0.717, 1.165) is 18.9 Å². The molecule has 2 aromatic carbocycles. The Labute approximate surface area is 172 Å². The number of pyridine rings is 1. The largest absolute Gasteiger partial charge is 0.348 e. The van der Waals surface area contributed by atoms with E-state index in [1.807, 2.05) is 0 Å². The van der Waals surface area contributed by atoms with E-state index < -0.39 is 21.5 Å². The molecule has 4 rings (SSSR count). The number of aromatic nitrogens is 1. The van der Waals surface area contributed by atoms with Crippen LogP contribution in [0.4, 0.5) is 4.39 Å². The zero-order chi connectivity index (χ0) is 21.3. The van der Waals surface area contributed by atoms with Gasteiger partial charge in [-0.2, -0.15) is 4.31 Å². The number of hydrogen-bond acceptors (Lipinski definition) is 4. The Kier molecular flexibility index (Phi) is 5.40. The first-order valence-corrected chi connectivity index (χ1v) is 11.0. The molecule has 2 N–H and O–H groups in total. The fraction of sp³-hybridized carbons (Fsp3) is 0.238. The van der Waals surface area contributed by atoms with Gasteiger partial charge >= 0.3 is 0 Å². The van der Waals surface area contributed by atoms with Gasteiger partial charge in [0, 0.05) is 36.6 Å². The molecular weight excluding hydrogens is 409 g/mol. The number of benzene rings is 2. The lowest BCUT2D eigenvalue weighted by Gasteiger charge is -2.16. The molecule has 7 nitrogen and oxygen atoms in total. The van der Waals surface area contributed by atoms with Gasteiger partial charge in [-0.05, 0) is 48.7 Å². The van der Waals surface area contributed by atoms with Crippen LogP contribution in [0, 0.1) is 5.82 Å². The summed E-state index contributed by atoms with van der Waals surface area (Å²) < 4.78 is 40.2. The zero-order valence-electron chi connectivity index (χ0n) is 16.0. The third kappa shape index (κ3) is 3.99. The fourth-order valence-electron chi connectivity index (χ4n) is 3.54. The van der Waals surface area contributed by atoms with Crippen molar-refractivity contribution in [2.24, 2.45) is 0 Å². The molecule has 1 aliphatic heterocycles. The van der Waals surface area contributed by atoms with Crippen molar-refractivity contribution >= 4 is 26.8 Å². The normalized spacial score (nSPS) is 14.8. The molecule has 1 aliphatic rings. The van der Waals surface area contributed by atoms with Crippen molar-refractivity contribution in [2.45, 2.75) is 24.3 Å². The quantitative estimate of drug-likeness (QED) is 0.651. The first-order valence-electron chi connectivity index (χ1n) is 9.54. The van der Waals surface area contributed by atoms with E-state index in [1.165, 1.54) is 34.6 Å². The molecular formula is C21H20FN3O4S. The summed E-state index contributed by atoms with van der Waals surface area (Å²) >= 11 is 0. The van der Waals surface area contributed by atoms with Gasteiger partial charge in [0.1, 0.15) is 5.82 Å². The standard InChI is InChI=1S/C21H20FN3O4S/c22-15-5-3-14(4-6-15)13-23-21(27)18-12-20(26)24-19-8-7-16(11-17(18)19)30(28,29)25-9-1-2-10-25/h3-8,11-12H,1-2,9-10,13H2,(H,23,27)(H,24,26). The second-order valence-corrected chi connectivity index (χ2v) is 9.11. The smallest absolute Gasteiger partial charge is 0.252 e. The summed E-state index contributed by atoms with van der Waals surface area (Å²) in [5, 5.41) is 3.03. The number of nitrogens with one attached hydrogen (secondary N) is 2. The van der Waals surface area contributed by atoms with Crippen molar-refractivity contribution in [3.05, 3.63) is 75.8 Å². The fourth-order valence-corrected chi connectivity index (χ4v) is 5.08. The number of amides is 1. The van der Waals surface area contributed by atoms with E-state index in [4.69, 9.17) is 0 Å². The van der Waals surface area contributed by atoms with Crippen LogP contribution in [0.2, 0.25) is 0 Å². The Bertz CT molecular complexity index is 1260. The van der Waals surface area contributed by atoms with Crippen LogP contribution < -0.4 is 10.9 Å². The average Bonchev–Trinajstić information content (AvgIpc) is 3.28. The lowest BCUT2D eigenvalue weighted by molar-refractivity contribution is 0.0952. The number of sulfonamides is 1. The molecule has 0 bridgehead atoms. The molecule has 1 saturated heterocycles. The number of carbonyl (C=O) groups excluding carboxylic acids is 1. The number of halogens is 1. The number of carbonyl (C=O) groups is 1. The Balaban J connectivity index is 1.68. The second-order valence-electron chi connectivity index (χ2n) is 7.17. The Hall–Kier alpha value is -3.04. The highest BCUT2D eigenvalue weighted by atomic mass is 32.2. The number of nitrogens with zero attached hydrogens (tertiary/aromatic N) is 1. The number of fused-ring (bicyclic) bond motifs is 1. The van der Waals surface area contributed by atoms with Gasteiger partial charge in [-0.15, -0.1) is 0 Å². The summed E-state index contributed by atoms with van der Waals surface area (Å²) in [6.45, 7) is 1.08. The van der Waals surface area contributed by atoms with E-state index in [-0.39, 0.29) is 22.8 Å². The Morgan fingerprint density at radius 2 is 1.77 bits per heavy atom. The van der Waals surface area contributed by atoms with Crippen LogP contribution in [-0.4, -0.2) is 36.7 Å². The highest BCUT2D eigenvalue weighted by Gasteiger charge is 2.27. The summed E-state index contributed by atoms with van der Waals surface area (Å²) in [7, 11) is -3.67. The van der Waals surface area contributed by atoms with Crippen LogP contribution >= 0.6 is 0 Å². The van der Waals surface area contributed by atoms with E-state index in [0.29, 0.717) is 29.6 Å². The highest BCUT2D eigenvalue weighted by Crippen LogP contribution is 2.25. The maximum absolute atomic E-state index is 13.0. The van der Waals surface area contributed by atoms with Gasteiger partial charge in [-0.3, -0.25) is 9.59 Å². The second kappa shape index (κ2) is 8.00. The van der Waals surface area contributed by atoms with Crippen LogP contribution in [-0.2, 0) is 16.6 Å². The molecule has 0 spiro atoms. The minimum Gasteiger partial charge on any atom is -0.348 e. The predicted molar refractivity (Wildman–Crippen MR) is 110 cm³/mol. The van der Waals surface area contributed by atoms with Crippen molar-refractivity contribution in [3.63, 3.8) is 0 Å². The molecule has 0 unspecified atom stereocenters. The first-order chi connectivity index (χ1) is 14.3. The molecule has 1 aromatic heterocycles. The summed E-state index contributed by atoms with van der Waals surface area (Å²) in [6, 6.07) is 11.2. The third-order valence-corrected chi connectivity index (χ3v) is 7.02. The Morgan fingerprint density at radius 1 is 1.07 bits per heavy atom. The van der Waals surface area contributed by atoms with Crippen molar-refractivity contribution in [1.82, 2.24) is 14.6 Å². The minimum atomic E-state index is -3.67. The van der Waals surface area contributed by atoms with Crippen LogP contribution in [0.3, 0.4) is 0 Å². The van der Waals surface area contributed by atoms with Gasteiger partial charge in [0.15, 0.2) is 0 Å². The lowest BCUT2D eigenvalue weighted by Crippen LogP contribution is -2.28. The molecule has 0 radical (unpaired) electrons. The summed E-state index contributed by atoms with van der Waals surface area (Å²) in [5.41, 5.74) is 0.671. The van der Waals surface area contributed by atoms with Gasteiger partial charge in [-0.25, -0.2) is 12.8 Å². The van der Waals surface area contributed by atoms with Gasteiger partial charge in [0.05, 0.1) is 10.5 Å². The third-order valence-electron chi connectivity index (χ3n) is 5.13. The predicted octanol–water partition coefficient (Wildman–Crippen LogP) is 2.38. The van der Waals surface area contributed by atoms with Gasteiger partial charge in [0.2, 0.25) is 15.6 Å². The average molecular weight is 429 g/mol. The molecule has 30 heavy (non-hydrogen) atoms. The molecule has 0 atom stereocenters. The maximum Gasteiger partial charge on any atom is 0.252 e. The van der Waals surface area contributed by atoms with Crippen LogP contribution in [0.15, 0.2) is 58.2 Å².